The van der Waals surface area contributed by atoms with Crippen molar-refractivity contribution in [1.82, 2.24) is 0 Å². The van der Waals surface area contributed by atoms with Gasteiger partial charge in [0.25, 0.3) is 0 Å². The molecule has 0 saturated carbocycles. The van der Waals surface area contributed by atoms with Gasteiger partial charge in [-0.3, -0.25) is 0 Å². The van der Waals surface area contributed by atoms with Gasteiger partial charge in [-0.2, -0.15) is 5.26 Å². The predicted octanol–water partition coefficient (Wildman–Crippen LogP) is 9.59. The molecule has 5 nitrogen and oxygen atoms in total. The Kier molecular flexibility index (Phi) is 7.76. The molecule has 0 unspecified atom stereocenters. The molecule has 0 aliphatic rings. The molecule has 1 heterocycles. The lowest BCUT2D eigenvalue weighted by Gasteiger charge is -2.12. The highest BCUT2D eigenvalue weighted by Crippen LogP contribution is 2.42. The molecule has 5 aromatic carbocycles. The van der Waals surface area contributed by atoms with Crippen LogP contribution in [0.4, 0.5) is 5.88 Å². The van der Waals surface area contributed by atoms with Crippen LogP contribution in [0.1, 0.15) is 27.8 Å². The fourth-order valence-corrected chi connectivity index (χ4v) is 5.11. The topological polar surface area (TPSA) is 67.8 Å². The van der Waals surface area contributed by atoms with Crippen LogP contribution in [0.2, 0.25) is 0 Å². The second-order valence-electron chi connectivity index (χ2n) is 10.4. The fourth-order valence-electron chi connectivity index (χ4n) is 5.11. The number of nitriles is 1. The molecule has 0 saturated heterocycles. The lowest BCUT2D eigenvalue weighted by atomic mass is 9.97. The third-order valence-corrected chi connectivity index (χ3v) is 7.44. The average Bonchev–Trinajstić information content (AvgIpc) is 3.42. The highest BCUT2D eigenvalue weighted by molar-refractivity contribution is 5.90. The highest BCUT2D eigenvalue weighted by atomic mass is 16.5. The number of furan rings is 1. The third-order valence-electron chi connectivity index (χ3n) is 7.44. The summed E-state index contributed by atoms with van der Waals surface area (Å²) in [7, 11) is 1.61. The monoisotopic (exact) mass is 562 g/mol. The van der Waals surface area contributed by atoms with Gasteiger partial charge in [0.1, 0.15) is 24.0 Å². The molecule has 1 aromatic heterocycles. The molecule has 0 aliphatic heterocycles. The zero-order valence-electron chi connectivity index (χ0n) is 24.3. The van der Waals surface area contributed by atoms with Gasteiger partial charge in [0.05, 0.1) is 7.11 Å². The van der Waals surface area contributed by atoms with Gasteiger partial charge in [0.15, 0.2) is 11.5 Å². The first kappa shape index (κ1) is 27.6. The van der Waals surface area contributed by atoms with Gasteiger partial charge >= 0.3 is 0 Å². The van der Waals surface area contributed by atoms with E-state index in [1.807, 2.05) is 98.8 Å². The number of hydrogen-bond donors (Lipinski definition) is 0. The van der Waals surface area contributed by atoms with Crippen molar-refractivity contribution in [3.8, 4) is 40.0 Å². The van der Waals surface area contributed by atoms with Crippen molar-refractivity contribution in [1.29, 1.82) is 5.26 Å². The Morgan fingerprint density at radius 3 is 2.21 bits per heavy atom. The van der Waals surface area contributed by atoms with Crippen LogP contribution in [-0.2, 0) is 6.61 Å². The van der Waals surface area contributed by atoms with Crippen LogP contribution in [-0.4, -0.2) is 13.3 Å². The van der Waals surface area contributed by atoms with E-state index in [2.05, 4.69) is 35.3 Å². The van der Waals surface area contributed by atoms with Gasteiger partial charge in [-0.05, 0) is 59.5 Å². The third kappa shape index (κ3) is 5.77. The summed E-state index contributed by atoms with van der Waals surface area (Å²) in [6.07, 6.45) is 1.68. The van der Waals surface area contributed by atoms with Gasteiger partial charge < -0.3 is 13.9 Å². The molecule has 0 amide bonds. The van der Waals surface area contributed by atoms with Crippen molar-refractivity contribution in [2.24, 2.45) is 4.99 Å². The molecule has 0 fully saturated rings. The van der Waals surface area contributed by atoms with Crippen molar-refractivity contribution in [2.45, 2.75) is 20.5 Å². The maximum atomic E-state index is 10.2. The lowest BCUT2D eigenvalue weighted by molar-refractivity contribution is 0.285. The van der Waals surface area contributed by atoms with E-state index in [0.29, 0.717) is 29.4 Å². The summed E-state index contributed by atoms with van der Waals surface area (Å²) in [6.45, 7) is 4.49. The van der Waals surface area contributed by atoms with E-state index < -0.39 is 0 Å². The van der Waals surface area contributed by atoms with E-state index in [-0.39, 0.29) is 5.88 Å². The number of hydrogen-bond acceptors (Lipinski definition) is 5. The molecular weight excluding hydrogens is 532 g/mol. The number of methoxy groups -OCH3 is 1. The van der Waals surface area contributed by atoms with Crippen LogP contribution in [0.5, 0.6) is 11.5 Å². The summed E-state index contributed by atoms with van der Waals surface area (Å²) in [5, 5.41) is 12.6. The second-order valence-corrected chi connectivity index (χ2v) is 10.4. The lowest BCUT2D eigenvalue weighted by Crippen LogP contribution is -1.99. The minimum atomic E-state index is 0.254. The first-order chi connectivity index (χ1) is 21.0. The molecular formula is C38H30N2O3. The Hall–Kier alpha value is -5.60. The molecule has 0 bridgehead atoms. The van der Waals surface area contributed by atoms with E-state index in [1.54, 1.807) is 13.3 Å². The Balaban J connectivity index is 1.31. The molecule has 5 heteroatoms. The van der Waals surface area contributed by atoms with Crippen LogP contribution < -0.4 is 9.47 Å². The number of aliphatic imine (C=N–C) groups is 1. The number of fused-ring (bicyclic) bond motifs is 1. The van der Waals surface area contributed by atoms with Gasteiger partial charge in [-0.15, -0.1) is 0 Å². The van der Waals surface area contributed by atoms with E-state index >= 15 is 0 Å². The van der Waals surface area contributed by atoms with Gasteiger partial charge in [-0.25, -0.2) is 4.99 Å². The summed E-state index contributed by atoms with van der Waals surface area (Å²) in [5.74, 6) is 2.09. The van der Waals surface area contributed by atoms with Crippen molar-refractivity contribution in [3.05, 3.63) is 137 Å². The average molecular weight is 563 g/mol. The van der Waals surface area contributed by atoms with Crippen LogP contribution in [0.25, 0.3) is 33.2 Å². The largest absolute Gasteiger partial charge is 0.493 e. The predicted molar refractivity (Wildman–Crippen MR) is 172 cm³/mol. The second kappa shape index (κ2) is 12.1. The molecule has 6 rings (SSSR count). The van der Waals surface area contributed by atoms with Crippen molar-refractivity contribution >= 4 is 22.9 Å². The Morgan fingerprint density at radius 2 is 1.49 bits per heavy atom. The molecule has 0 atom stereocenters. The van der Waals surface area contributed by atoms with Crippen molar-refractivity contribution in [2.75, 3.05) is 7.11 Å². The molecule has 0 N–H and O–H groups in total. The minimum Gasteiger partial charge on any atom is -0.493 e. The number of aryl methyl sites for hydroxylation is 2. The maximum absolute atomic E-state index is 10.2. The van der Waals surface area contributed by atoms with Crippen molar-refractivity contribution < 1.29 is 13.9 Å². The maximum Gasteiger partial charge on any atom is 0.238 e. The molecule has 43 heavy (non-hydrogen) atoms. The molecule has 0 radical (unpaired) electrons. The molecule has 0 aliphatic carbocycles. The van der Waals surface area contributed by atoms with E-state index in [0.717, 1.165) is 44.3 Å². The number of rotatable bonds is 8. The fraction of sp³-hybridized carbons (Fsp3) is 0.105. The highest BCUT2D eigenvalue weighted by Gasteiger charge is 2.23. The first-order valence-electron chi connectivity index (χ1n) is 14.1. The van der Waals surface area contributed by atoms with Gasteiger partial charge in [0.2, 0.25) is 5.88 Å². The summed E-state index contributed by atoms with van der Waals surface area (Å²) < 4.78 is 18.1. The normalized spacial score (nSPS) is 11.1. The van der Waals surface area contributed by atoms with Gasteiger partial charge in [0, 0.05) is 17.3 Å². The Labute approximate surface area is 251 Å². The minimum absolute atomic E-state index is 0.254. The van der Waals surface area contributed by atoms with Crippen molar-refractivity contribution in [3.63, 3.8) is 0 Å². The van der Waals surface area contributed by atoms with Crippen LogP contribution in [0, 0.1) is 25.2 Å². The van der Waals surface area contributed by atoms with Crippen LogP contribution >= 0.6 is 0 Å². The molecule has 0 spiro atoms. The quantitative estimate of drug-likeness (QED) is 0.173. The SMILES string of the molecule is COc1cc(C=Nc2oc(-c3ccc(C)cc3)c(-c3ccc(C)cc3)c2C#N)ccc1OCc1cccc2ccccc12. The van der Waals surface area contributed by atoms with E-state index in [9.17, 15) is 5.26 Å². The van der Waals surface area contributed by atoms with Crippen LogP contribution in [0.15, 0.2) is 119 Å². The first-order valence-corrected chi connectivity index (χ1v) is 14.1. The number of benzene rings is 5. The van der Waals surface area contributed by atoms with Gasteiger partial charge in [-0.1, -0.05) is 102 Å². The van der Waals surface area contributed by atoms with E-state index in [4.69, 9.17) is 13.9 Å². The zero-order valence-corrected chi connectivity index (χ0v) is 24.3. The van der Waals surface area contributed by atoms with E-state index in [1.165, 1.54) is 5.39 Å². The molecule has 6 aromatic rings. The summed E-state index contributed by atoms with van der Waals surface area (Å²) in [5.41, 5.74) is 7.06. The number of ether oxygens (including phenoxy) is 2. The smallest absolute Gasteiger partial charge is 0.238 e. The summed E-state index contributed by atoms with van der Waals surface area (Å²) in [4.78, 5) is 4.64. The molecule has 210 valence electrons. The Morgan fingerprint density at radius 1 is 0.791 bits per heavy atom. The number of nitrogens with zero attached hydrogens (tertiary/aromatic N) is 2. The van der Waals surface area contributed by atoms with Crippen LogP contribution in [0.3, 0.4) is 0 Å². The summed E-state index contributed by atoms with van der Waals surface area (Å²) in [6, 6.07) is 38.6. The standard InChI is InChI=1S/C38H30N2O3/c1-25-11-16-29(17-12-25)36-33(22-39)38(43-37(36)30-18-13-26(2)14-19-30)40-23-27-15-20-34(35(21-27)41-3)42-24-31-9-6-8-28-7-4-5-10-32(28)31/h4-21,23H,24H2,1-3H3. The summed E-state index contributed by atoms with van der Waals surface area (Å²) >= 11 is 0. The zero-order chi connectivity index (χ0) is 29.8. The Bertz CT molecular complexity index is 1970.